The normalized spacial score (nSPS) is 17.9. The number of aromatic nitrogens is 2. The van der Waals surface area contributed by atoms with Crippen LogP contribution in [0, 0.1) is 29.0 Å². The Hall–Kier alpha value is -2.95. The maximum absolute atomic E-state index is 13.7. The fraction of sp³-hybridized carbons (Fsp3) is 0.444. The largest absolute Gasteiger partial charge is 0.352 e. The molecule has 0 bridgehead atoms. The van der Waals surface area contributed by atoms with Gasteiger partial charge in [-0.25, -0.2) is 9.37 Å². The van der Waals surface area contributed by atoms with E-state index in [2.05, 4.69) is 15.3 Å². The summed E-state index contributed by atoms with van der Waals surface area (Å²) in [5, 5.41) is 11.8. The third kappa shape index (κ3) is 3.52. The second-order valence-corrected chi connectivity index (χ2v) is 6.49. The van der Waals surface area contributed by atoms with Crippen molar-refractivity contribution in [3.63, 3.8) is 0 Å². The van der Waals surface area contributed by atoms with Gasteiger partial charge in [-0.15, -0.1) is 0 Å². The number of fused-ring (bicyclic) bond motifs is 1. The number of carbonyl (C=O) groups excluding carboxylic acids is 2. The van der Waals surface area contributed by atoms with E-state index in [4.69, 9.17) is 5.26 Å². The van der Waals surface area contributed by atoms with E-state index in [9.17, 15) is 14.0 Å². The second kappa shape index (κ2) is 7.52. The number of amides is 2. The Morgan fingerprint density at radius 2 is 2.35 bits per heavy atom. The standard InChI is InChI=1S/C18H20FN5O2/c1-2-12(7-20)18(26)24-4-3-11(9-24)8-21-17(25)14-5-13(19)6-15-16(14)23-10-22-15/h5-6,10-12H,2-4,8-9H2,1H3,(H,21,25)(H,22,23). The number of carbonyl (C=O) groups is 2. The summed E-state index contributed by atoms with van der Waals surface area (Å²) in [6, 6.07) is 4.49. The van der Waals surface area contributed by atoms with Crippen molar-refractivity contribution in [2.24, 2.45) is 11.8 Å². The van der Waals surface area contributed by atoms with Crippen LogP contribution in [0.4, 0.5) is 4.39 Å². The quantitative estimate of drug-likeness (QED) is 0.852. The smallest absolute Gasteiger partial charge is 0.253 e. The van der Waals surface area contributed by atoms with Crippen molar-refractivity contribution in [1.82, 2.24) is 20.2 Å². The Kier molecular flexibility index (Phi) is 5.16. The molecule has 1 aliphatic rings. The van der Waals surface area contributed by atoms with Crippen LogP contribution in [0.3, 0.4) is 0 Å². The molecule has 136 valence electrons. The zero-order valence-electron chi connectivity index (χ0n) is 14.5. The average Bonchev–Trinajstić information content (AvgIpc) is 3.29. The molecule has 2 aromatic rings. The van der Waals surface area contributed by atoms with Crippen LogP contribution in [-0.2, 0) is 4.79 Å². The summed E-state index contributed by atoms with van der Waals surface area (Å²) in [6.45, 7) is 3.29. The number of nitriles is 1. The van der Waals surface area contributed by atoms with Gasteiger partial charge in [-0.1, -0.05) is 6.92 Å². The van der Waals surface area contributed by atoms with E-state index in [1.165, 1.54) is 18.5 Å². The SMILES string of the molecule is CCC(C#N)C(=O)N1CCC(CNC(=O)c2cc(F)cc3[nH]cnc23)C1. The van der Waals surface area contributed by atoms with E-state index in [1.54, 1.807) is 4.90 Å². The first-order chi connectivity index (χ1) is 12.5. The molecule has 0 spiro atoms. The lowest BCUT2D eigenvalue weighted by Crippen LogP contribution is -2.35. The third-order valence-electron chi connectivity index (χ3n) is 4.74. The molecule has 1 aromatic carbocycles. The summed E-state index contributed by atoms with van der Waals surface area (Å²) in [6.07, 6.45) is 2.67. The first-order valence-corrected chi connectivity index (χ1v) is 8.62. The third-order valence-corrected chi connectivity index (χ3v) is 4.74. The highest BCUT2D eigenvalue weighted by molar-refractivity contribution is 6.04. The van der Waals surface area contributed by atoms with Crippen molar-refractivity contribution in [2.75, 3.05) is 19.6 Å². The molecule has 2 unspecified atom stereocenters. The molecular weight excluding hydrogens is 337 g/mol. The summed E-state index contributed by atoms with van der Waals surface area (Å²) in [4.78, 5) is 33.2. The molecule has 0 saturated carbocycles. The number of likely N-dealkylation sites (tertiary alicyclic amines) is 1. The van der Waals surface area contributed by atoms with Gasteiger partial charge in [0.25, 0.3) is 5.91 Å². The molecule has 7 nitrogen and oxygen atoms in total. The highest BCUT2D eigenvalue weighted by Gasteiger charge is 2.30. The van der Waals surface area contributed by atoms with Crippen molar-refractivity contribution in [1.29, 1.82) is 5.26 Å². The van der Waals surface area contributed by atoms with E-state index >= 15 is 0 Å². The fourth-order valence-electron chi connectivity index (χ4n) is 3.26. The lowest BCUT2D eigenvalue weighted by molar-refractivity contribution is -0.132. The molecular formula is C18H20FN5O2. The molecule has 2 amide bonds. The van der Waals surface area contributed by atoms with Crippen molar-refractivity contribution >= 4 is 22.8 Å². The minimum atomic E-state index is -0.608. The number of halogens is 1. The minimum absolute atomic E-state index is 0.113. The topological polar surface area (TPSA) is 102 Å². The van der Waals surface area contributed by atoms with Gasteiger partial charge in [-0.2, -0.15) is 5.26 Å². The molecule has 1 aromatic heterocycles. The zero-order valence-corrected chi connectivity index (χ0v) is 14.5. The molecule has 2 heterocycles. The maximum atomic E-state index is 13.7. The molecule has 26 heavy (non-hydrogen) atoms. The Morgan fingerprint density at radius 1 is 1.54 bits per heavy atom. The number of imidazole rings is 1. The van der Waals surface area contributed by atoms with Gasteiger partial charge in [0, 0.05) is 19.6 Å². The molecule has 1 fully saturated rings. The highest BCUT2D eigenvalue weighted by Crippen LogP contribution is 2.20. The molecule has 0 aliphatic carbocycles. The molecule has 1 aliphatic heterocycles. The monoisotopic (exact) mass is 357 g/mol. The van der Waals surface area contributed by atoms with Crippen molar-refractivity contribution in [3.8, 4) is 6.07 Å². The molecule has 0 radical (unpaired) electrons. The molecule has 3 rings (SSSR count). The van der Waals surface area contributed by atoms with Crippen molar-refractivity contribution in [2.45, 2.75) is 19.8 Å². The number of nitrogens with zero attached hydrogens (tertiary/aromatic N) is 3. The first-order valence-electron chi connectivity index (χ1n) is 8.62. The van der Waals surface area contributed by atoms with Crippen LogP contribution >= 0.6 is 0 Å². The first kappa shape index (κ1) is 17.9. The van der Waals surface area contributed by atoms with Crippen molar-refractivity contribution in [3.05, 3.63) is 29.8 Å². The summed E-state index contributed by atoms with van der Waals surface area (Å²) in [5.41, 5.74) is 1.07. The molecule has 8 heteroatoms. The summed E-state index contributed by atoms with van der Waals surface area (Å²) < 4.78 is 13.7. The van der Waals surface area contributed by atoms with Crippen LogP contribution in [0.25, 0.3) is 11.0 Å². The Bertz CT molecular complexity index is 872. The number of aromatic amines is 1. The van der Waals surface area contributed by atoms with Gasteiger partial charge in [-0.05, 0) is 30.9 Å². The van der Waals surface area contributed by atoms with Gasteiger partial charge >= 0.3 is 0 Å². The average molecular weight is 357 g/mol. The minimum Gasteiger partial charge on any atom is -0.352 e. The van der Waals surface area contributed by atoms with E-state index in [-0.39, 0.29) is 17.4 Å². The van der Waals surface area contributed by atoms with Gasteiger partial charge in [0.05, 0.1) is 23.5 Å². The summed E-state index contributed by atoms with van der Waals surface area (Å²) >= 11 is 0. The maximum Gasteiger partial charge on any atom is 0.253 e. The number of hydrogen-bond acceptors (Lipinski definition) is 4. The van der Waals surface area contributed by atoms with E-state index in [1.807, 2.05) is 13.0 Å². The fourth-order valence-corrected chi connectivity index (χ4v) is 3.26. The van der Waals surface area contributed by atoms with Gasteiger partial charge in [0.15, 0.2) is 0 Å². The Balaban J connectivity index is 1.60. The van der Waals surface area contributed by atoms with Crippen LogP contribution in [0.5, 0.6) is 0 Å². The van der Waals surface area contributed by atoms with Crippen LogP contribution in [0.15, 0.2) is 18.5 Å². The van der Waals surface area contributed by atoms with E-state index < -0.39 is 17.6 Å². The number of hydrogen-bond donors (Lipinski definition) is 2. The Labute approximate surface area is 150 Å². The lowest BCUT2D eigenvalue weighted by atomic mass is 10.1. The van der Waals surface area contributed by atoms with Crippen molar-refractivity contribution < 1.29 is 14.0 Å². The molecule has 2 atom stereocenters. The predicted octanol–water partition coefficient (Wildman–Crippen LogP) is 1.83. The number of benzene rings is 1. The van der Waals surface area contributed by atoms with Gasteiger partial charge in [0.1, 0.15) is 17.3 Å². The zero-order chi connectivity index (χ0) is 18.7. The highest BCUT2D eigenvalue weighted by atomic mass is 19.1. The van der Waals surface area contributed by atoms with E-state index in [0.717, 1.165) is 6.42 Å². The Morgan fingerprint density at radius 3 is 3.08 bits per heavy atom. The number of nitrogens with one attached hydrogen (secondary N) is 2. The molecule has 1 saturated heterocycles. The summed E-state index contributed by atoms with van der Waals surface area (Å²) in [5.74, 6) is -1.54. The van der Waals surface area contributed by atoms with Gasteiger partial charge in [-0.3, -0.25) is 9.59 Å². The lowest BCUT2D eigenvalue weighted by Gasteiger charge is -2.19. The number of rotatable bonds is 5. The number of H-pyrrole nitrogens is 1. The van der Waals surface area contributed by atoms with Gasteiger partial charge in [0.2, 0.25) is 5.91 Å². The molecule has 2 N–H and O–H groups in total. The summed E-state index contributed by atoms with van der Waals surface area (Å²) in [7, 11) is 0. The van der Waals surface area contributed by atoms with Gasteiger partial charge < -0.3 is 15.2 Å². The van der Waals surface area contributed by atoms with E-state index in [0.29, 0.717) is 37.1 Å². The van der Waals surface area contributed by atoms with Crippen LogP contribution in [0.2, 0.25) is 0 Å². The second-order valence-electron chi connectivity index (χ2n) is 6.49. The van der Waals surface area contributed by atoms with Crippen LogP contribution < -0.4 is 5.32 Å². The van der Waals surface area contributed by atoms with Crippen LogP contribution in [0.1, 0.15) is 30.1 Å². The van der Waals surface area contributed by atoms with Crippen LogP contribution in [-0.4, -0.2) is 46.3 Å². The predicted molar refractivity (Wildman–Crippen MR) is 92.5 cm³/mol.